The average molecular weight is 354 g/mol. The fourth-order valence-electron chi connectivity index (χ4n) is 2.53. The molecule has 0 aliphatic rings. The topological polar surface area (TPSA) is 12.5 Å². The Morgan fingerprint density at radius 3 is 2.16 bits per heavy atom. The van der Waals surface area contributed by atoms with Crippen molar-refractivity contribution >= 4 is 17.2 Å². The van der Waals surface area contributed by atoms with Crippen LogP contribution in [0.4, 0.5) is 0 Å². The van der Waals surface area contributed by atoms with Gasteiger partial charge in [-0.1, -0.05) is 85.0 Å². The molecule has 0 aromatic heterocycles. The van der Waals surface area contributed by atoms with E-state index < -0.39 is 0 Å². The van der Waals surface area contributed by atoms with Crippen LogP contribution in [0, 0.1) is 0 Å². The molecule has 0 amide bonds. The molecule has 0 spiro atoms. The molecule has 0 saturated heterocycles. The largest absolute Gasteiger partial charge is 0.376 e. The molecule has 0 fully saturated rings. The summed E-state index contributed by atoms with van der Waals surface area (Å²) in [6.45, 7) is 5.27. The SMILES string of the molecule is CC(=S)N(CC/C=C/CCOCc1ccccc1)Cc1ccccc1. The molecule has 0 aliphatic heterocycles. The number of rotatable bonds is 10. The van der Waals surface area contributed by atoms with Crippen LogP contribution in [0.5, 0.6) is 0 Å². The third-order valence-corrected chi connectivity index (χ3v) is 4.19. The molecule has 2 rings (SSSR count). The molecule has 2 aromatic carbocycles. The van der Waals surface area contributed by atoms with Crippen LogP contribution in [-0.4, -0.2) is 23.0 Å². The van der Waals surface area contributed by atoms with E-state index >= 15 is 0 Å². The summed E-state index contributed by atoms with van der Waals surface area (Å²) >= 11 is 5.38. The van der Waals surface area contributed by atoms with Crippen molar-refractivity contribution in [3.8, 4) is 0 Å². The van der Waals surface area contributed by atoms with E-state index in [1.165, 1.54) is 11.1 Å². The zero-order valence-electron chi connectivity index (χ0n) is 14.9. The molecule has 2 aromatic rings. The van der Waals surface area contributed by atoms with Gasteiger partial charge in [-0.25, -0.2) is 0 Å². The zero-order chi connectivity index (χ0) is 17.7. The Bertz CT molecular complexity index is 640. The van der Waals surface area contributed by atoms with Gasteiger partial charge in [-0.3, -0.25) is 0 Å². The minimum absolute atomic E-state index is 0.684. The van der Waals surface area contributed by atoms with Gasteiger partial charge in [-0.2, -0.15) is 0 Å². The van der Waals surface area contributed by atoms with Crippen molar-refractivity contribution in [3.05, 3.63) is 83.9 Å². The Balaban J connectivity index is 1.61. The van der Waals surface area contributed by atoms with Crippen molar-refractivity contribution in [2.45, 2.75) is 32.9 Å². The van der Waals surface area contributed by atoms with E-state index in [1.807, 2.05) is 31.2 Å². The predicted molar refractivity (Wildman–Crippen MR) is 110 cm³/mol. The van der Waals surface area contributed by atoms with Crippen molar-refractivity contribution in [3.63, 3.8) is 0 Å². The van der Waals surface area contributed by atoms with Gasteiger partial charge >= 0.3 is 0 Å². The van der Waals surface area contributed by atoms with Gasteiger partial charge in [0.25, 0.3) is 0 Å². The van der Waals surface area contributed by atoms with Crippen molar-refractivity contribution in [1.82, 2.24) is 4.90 Å². The van der Waals surface area contributed by atoms with Gasteiger partial charge in [0, 0.05) is 13.1 Å². The molecule has 0 N–H and O–H groups in total. The molecular formula is C22H27NOS. The third kappa shape index (κ3) is 8.10. The van der Waals surface area contributed by atoms with Crippen LogP contribution in [-0.2, 0) is 17.9 Å². The van der Waals surface area contributed by atoms with Crippen LogP contribution in [0.1, 0.15) is 30.9 Å². The lowest BCUT2D eigenvalue weighted by Gasteiger charge is -2.22. The monoisotopic (exact) mass is 353 g/mol. The summed E-state index contributed by atoms with van der Waals surface area (Å²) in [5.41, 5.74) is 2.52. The summed E-state index contributed by atoms with van der Waals surface area (Å²) in [7, 11) is 0. The molecule has 3 heteroatoms. The molecule has 2 nitrogen and oxygen atoms in total. The Morgan fingerprint density at radius 1 is 0.920 bits per heavy atom. The van der Waals surface area contributed by atoms with Crippen LogP contribution in [0.2, 0.25) is 0 Å². The van der Waals surface area contributed by atoms with Crippen LogP contribution in [0.25, 0.3) is 0 Å². The van der Waals surface area contributed by atoms with Crippen molar-refractivity contribution in [1.29, 1.82) is 0 Å². The first-order chi connectivity index (χ1) is 12.3. The summed E-state index contributed by atoms with van der Waals surface area (Å²) in [6, 6.07) is 20.8. The standard InChI is InChI=1S/C22H27NOS/c1-20(25)23(18-21-12-6-4-7-13-21)16-10-2-3-11-17-24-19-22-14-8-5-9-15-22/h2-9,12-15H,10-11,16-19H2,1H3/b3-2+. The van der Waals surface area contributed by atoms with Gasteiger partial charge in [-0.05, 0) is 30.9 Å². The van der Waals surface area contributed by atoms with E-state index in [1.54, 1.807) is 0 Å². The minimum atomic E-state index is 0.684. The van der Waals surface area contributed by atoms with E-state index in [2.05, 4.69) is 53.5 Å². The van der Waals surface area contributed by atoms with E-state index in [-0.39, 0.29) is 0 Å². The summed E-state index contributed by atoms with van der Waals surface area (Å²) in [4.78, 5) is 3.20. The highest BCUT2D eigenvalue weighted by Gasteiger charge is 2.05. The zero-order valence-corrected chi connectivity index (χ0v) is 15.8. The molecule has 0 saturated carbocycles. The highest BCUT2D eigenvalue weighted by molar-refractivity contribution is 7.80. The van der Waals surface area contributed by atoms with Gasteiger partial charge < -0.3 is 9.64 Å². The smallest absolute Gasteiger partial charge is 0.0750 e. The second kappa shape index (κ2) is 11.6. The lowest BCUT2D eigenvalue weighted by atomic mass is 10.2. The fraction of sp³-hybridized carbons (Fsp3) is 0.318. The molecule has 0 atom stereocenters. The number of thiocarbonyl (C=S) groups is 1. The Kier molecular flexibility index (Phi) is 8.95. The van der Waals surface area contributed by atoms with E-state index in [0.29, 0.717) is 6.61 Å². The number of nitrogens with zero attached hydrogens (tertiary/aromatic N) is 1. The van der Waals surface area contributed by atoms with Crippen LogP contribution < -0.4 is 0 Å². The third-order valence-electron chi connectivity index (χ3n) is 3.93. The van der Waals surface area contributed by atoms with Gasteiger partial charge in [0.05, 0.1) is 18.2 Å². The Hall–Kier alpha value is -1.97. The van der Waals surface area contributed by atoms with Crippen molar-refractivity contribution in [2.24, 2.45) is 0 Å². The number of benzene rings is 2. The predicted octanol–water partition coefficient (Wildman–Crippen LogP) is 5.39. The summed E-state index contributed by atoms with van der Waals surface area (Å²) in [6.07, 6.45) is 6.37. The number of hydrogen-bond donors (Lipinski definition) is 0. The first-order valence-electron chi connectivity index (χ1n) is 8.82. The Labute approximate surface area is 157 Å². The minimum Gasteiger partial charge on any atom is -0.376 e. The second-order valence-corrected chi connectivity index (χ2v) is 6.60. The lowest BCUT2D eigenvalue weighted by Crippen LogP contribution is -2.27. The normalized spacial score (nSPS) is 10.9. The molecule has 0 aliphatic carbocycles. The summed E-state index contributed by atoms with van der Waals surface area (Å²) in [5.74, 6) is 0. The lowest BCUT2D eigenvalue weighted by molar-refractivity contribution is 0.125. The molecular weight excluding hydrogens is 326 g/mol. The second-order valence-electron chi connectivity index (χ2n) is 6.01. The number of hydrogen-bond acceptors (Lipinski definition) is 2. The van der Waals surface area contributed by atoms with Crippen molar-refractivity contribution < 1.29 is 4.74 Å². The molecule has 0 heterocycles. The maximum atomic E-state index is 5.68. The van der Waals surface area contributed by atoms with E-state index in [4.69, 9.17) is 17.0 Å². The van der Waals surface area contributed by atoms with E-state index in [0.717, 1.165) is 37.5 Å². The maximum absolute atomic E-state index is 5.68. The Morgan fingerprint density at radius 2 is 1.52 bits per heavy atom. The highest BCUT2D eigenvalue weighted by Crippen LogP contribution is 2.07. The number of ether oxygens (including phenoxy) is 1. The van der Waals surface area contributed by atoms with Crippen molar-refractivity contribution in [2.75, 3.05) is 13.2 Å². The molecule has 0 radical (unpaired) electrons. The fourth-order valence-corrected chi connectivity index (χ4v) is 2.69. The molecule has 0 unspecified atom stereocenters. The highest BCUT2D eigenvalue weighted by atomic mass is 32.1. The molecule has 25 heavy (non-hydrogen) atoms. The van der Waals surface area contributed by atoms with Crippen LogP contribution in [0.3, 0.4) is 0 Å². The van der Waals surface area contributed by atoms with Gasteiger partial charge in [0.15, 0.2) is 0 Å². The molecule has 0 bridgehead atoms. The maximum Gasteiger partial charge on any atom is 0.0750 e. The van der Waals surface area contributed by atoms with Crippen LogP contribution in [0.15, 0.2) is 72.8 Å². The molecule has 132 valence electrons. The first kappa shape index (κ1) is 19.4. The summed E-state index contributed by atoms with van der Waals surface area (Å²) < 4.78 is 5.68. The van der Waals surface area contributed by atoms with Gasteiger partial charge in [-0.15, -0.1) is 0 Å². The average Bonchev–Trinajstić information content (AvgIpc) is 2.64. The first-order valence-corrected chi connectivity index (χ1v) is 9.22. The quantitative estimate of drug-likeness (QED) is 0.323. The summed E-state index contributed by atoms with van der Waals surface area (Å²) in [5, 5.41) is 0. The van der Waals surface area contributed by atoms with Crippen LogP contribution >= 0.6 is 12.2 Å². The van der Waals surface area contributed by atoms with Gasteiger partial charge in [0.1, 0.15) is 0 Å². The van der Waals surface area contributed by atoms with Gasteiger partial charge in [0.2, 0.25) is 0 Å². The van der Waals surface area contributed by atoms with E-state index in [9.17, 15) is 0 Å².